The second-order valence-corrected chi connectivity index (χ2v) is 7.46. The predicted octanol–water partition coefficient (Wildman–Crippen LogP) is 5.58. The number of methoxy groups -OCH3 is 1. The van der Waals surface area contributed by atoms with Crippen LogP contribution >= 0.6 is 11.6 Å². The van der Waals surface area contributed by atoms with Gasteiger partial charge < -0.3 is 14.2 Å². The Balaban J connectivity index is 1.52. The quantitative estimate of drug-likeness (QED) is 0.376. The maximum absolute atomic E-state index is 12.3. The maximum atomic E-state index is 12.3. The van der Waals surface area contributed by atoms with Gasteiger partial charge in [0.2, 0.25) is 5.90 Å². The molecule has 0 amide bonds. The largest absolute Gasteiger partial charge is 0.493 e. The third-order valence-electron chi connectivity index (χ3n) is 4.72. The number of carbonyl (C=O) groups is 1. The highest BCUT2D eigenvalue weighted by atomic mass is 35.5. The Morgan fingerprint density at radius 1 is 1.00 bits per heavy atom. The van der Waals surface area contributed by atoms with Gasteiger partial charge in [-0.2, -0.15) is 0 Å². The lowest BCUT2D eigenvalue weighted by Gasteiger charge is -2.11. The van der Waals surface area contributed by atoms with Crippen molar-refractivity contribution in [3.8, 4) is 11.5 Å². The molecular weight excluding hydrogens is 414 g/mol. The SMILES string of the molecule is COc1cc(/C=C2\N=C(c3ccc(C)cc3)OC2=O)ccc1OCc1ccc(Cl)cc1. The van der Waals surface area contributed by atoms with Crippen molar-refractivity contribution in [1.82, 2.24) is 0 Å². The topological polar surface area (TPSA) is 57.1 Å². The van der Waals surface area contributed by atoms with Gasteiger partial charge in [-0.15, -0.1) is 0 Å². The number of hydrogen-bond acceptors (Lipinski definition) is 5. The summed E-state index contributed by atoms with van der Waals surface area (Å²) in [4.78, 5) is 16.6. The van der Waals surface area contributed by atoms with Crippen molar-refractivity contribution in [3.63, 3.8) is 0 Å². The molecule has 3 aromatic rings. The lowest BCUT2D eigenvalue weighted by Crippen LogP contribution is -2.05. The van der Waals surface area contributed by atoms with Crippen molar-refractivity contribution in [3.05, 3.63) is 99.7 Å². The maximum Gasteiger partial charge on any atom is 0.363 e. The van der Waals surface area contributed by atoms with Gasteiger partial charge in [-0.25, -0.2) is 9.79 Å². The van der Waals surface area contributed by atoms with Gasteiger partial charge in [-0.3, -0.25) is 0 Å². The Kier molecular flexibility index (Phi) is 6.05. The van der Waals surface area contributed by atoms with E-state index in [4.69, 9.17) is 25.8 Å². The van der Waals surface area contributed by atoms with E-state index < -0.39 is 5.97 Å². The molecule has 0 saturated carbocycles. The summed E-state index contributed by atoms with van der Waals surface area (Å²) in [6, 6.07) is 20.5. The molecule has 3 aromatic carbocycles. The summed E-state index contributed by atoms with van der Waals surface area (Å²) in [5.74, 6) is 0.957. The van der Waals surface area contributed by atoms with E-state index in [9.17, 15) is 4.79 Å². The monoisotopic (exact) mass is 433 g/mol. The number of carbonyl (C=O) groups excluding carboxylic acids is 1. The Labute approximate surface area is 185 Å². The Hall–Kier alpha value is -3.57. The fraction of sp³-hybridized carbons (Fsp3) is 0.120. The summed E-state index contributed by atoms with van der Waals surface area (Å²) in [6.07, 6.45) is 1.66. The van der Waals surface area contributed by atoms with E-state index in [1.807, 2.05) is 61.5 Å². The number of cyclic esters (lactones) is 1. The Morgan fingerprint density at radius 3 is 2.45 bits per heavy atom. The molecule has 156 valence electrons. The molecule has 0 radical (unpaired) electrons. The molecular formula is C25H20ClNO4. The second-order valence-electron chi connectivity index (χ2n) is 7.03. The highest BCUT2D eigenvalue weighted by Crippen LogP contribution is 2.30. The fourth-order valence-corrected chi connectivity index (χ4v) is 3.15. The third kappa shape index (κ3) is 4.95. The molecule has 6 heteroatoms. The normalized spacial score (nSPS) is 14.4. The molecule has 0 spiro atoms. The van der Waals surface area contributed by atoms with E-state index in [0.717, 1.165) is 22.3 Å². The van der Waals surface area contributed by atoms with E-state index in [1.165, 1.54) is 0 Å². The van der Waals surface area contributed by atoms with Gasteiger partial charge >= 0.3 is 5.97 Å². The van der Waals surface area contributed by atoms with Crippen LogP contribution < -0.4 is 9.47 Å². The number of halogens is 1. The molecule has 4 rings (SSSR count). The molecule has 1 heterocycles. The fourth-order valence-electron chi connectivity index (χ4n) is 3.02. The first-order valence-corrected chi connectivity index (χ1v) is 10.0. The first kappa shape index (κ1) is 20.7. The number of nitrogens with zero attached hydrogens (tertiary/aromatic N) is 1. The molecule has 0 aliphatic carbocycles. The second kappa shape index (κ2) is 9.06. The molecule has 0 atom stereocenters. The first-order chi connectivity index (χ1) is 15.0. The van der Waals surface area contributed by atoms with E-state index >= 15 is 0 Å². The standard InChI is InChI=1S/C25H20ClNO4/c1-16-3-8-19(9-4-16)24-27-21(25(28)31-24)13-18-7-12-22(23(14-18)29-2)30-15-17-5-10-20(26)11-6-17/h3-14H,15H2,1-2H3/b21-13-. The van der Waals surface area contributed by atoms with Crippen molar-refractivity contribution in [2.24, 2.45) is 4.99 Å². The molecule has 0 unspecified atom stereocenters. The summed E-state index contributed by atoms with van der Waals surface area (Å²) in [6.45, 7) is 2.37. The zero-order valence-electron chi connectivity index (χ0n) is 17.1. The highest BCUT2D eigenvalue weighted by molar-refractivity contribution is 6.30. The van der Waals surface area contributed by atoms with Crippen molar-refractivity contribution < 1.29 is 19.0 Å². The minimum absolute atomic E-state index is 0.229. The van der Waals surface area contributed by atoms with E-state index in [2.05, 4.69) is 4.99 Å². The summed E-state index contributed by atoms with van der Waals surface area (Å²) in [5, 5.41) is 0.678. The summed E-state index contributed by atoms with van der Waals surface area (Å²) < 4.78 is 16.7. The Bertz CT molecular complexity index is 1170. The molecule has 1 aliphatic heterocycles. The van der Waals surface area contributed by atoms with E-state index in [0.29, 0.717) is 29.0 Å². The Morgan fingerprint density at radius 2 is 1.74 bits per heavy atom. The van der Waals surface area contributed by atoms with Crippen molar-refractivity contribution in [2.75, 3.05) is 7.11 Å². The van der Waals surface area contributed by atoms with E-state index in [1.54, 1.807) is 25.3 Å². The molecule has 0 saturated heterocycles. The van der Waals surface area contributed by atoms with Gasteiger partial charge in [0.15, 0.2) is 17.2 Å². The van der Waals surface area contributed by atoms with Crippen molar-refractivity contribution >= 4 is 29.5 Å². The average Bonchev–Trinajstić information content (AvgIpc) is 3.14. The van der Waals surface area contributed by atoms with Gasteiger partial charge in [-0.05, 0) is 60.5 Å². The molecule has 31 heavy (non-hydrogen) atoms. The number of esters is 1. The van der Waals surface area contributed by atoms with Crippen LogP contribution in [0, 0.1) is 6.92 Å². The molecule has 5 nitrogen and oxygen atoms in total. The summed E-state index contributed by atoms with van der Waals surface area (Å²) >= 11 is 5.92. The molecule has 0 aromatic heterocycles. The number of hydrogen-bond donors (Lipinski definition) is 0. The van der Waals surface area contributed by atoms with Crippen LogP contribution in [0.1, 0.15) is 22.3 Å². The van der Waals surface area contributed by atoms with Crippen LogP contribution in [0.15, 0.2) is 77.4 Å². The zero-order chi connectivity index (χ0) is 21.8. The number of ether oxygens (including phenoxy) is 3. The lowest BCUT2D eigenvalue weighted by atomic mass is 10.1. The van der Waals surface area contributed by atoms with Crippen LogP contribution in [0.3, 0.4) is 0 Å². The van der Waals surface area contributed by atoms with Gasteiger partial charge in [-0.1, -0.05) is 47.5 Å². The van der Waals surface area contributed by atoms with Crippen LogP contribution in [0.2, 0.25) is 5.02 Å². The smallest absolute Gasteiger partial charge is 0.363 e. The minimum Gasteiger partial charge on any atom is -0.493 e. The van der Waals surface area contributed by atoms with Gasteiger partial charge in [0.05, 0.1) is 7.11 Å². The third-order valence-corrected chi connectivity index (χ3v) is 4.97. The van der Waals surface area contributed by atoms with Crippen molar-refractivity contribution in [1.29, 1.82) is 0 Å². The van der Waals surface area contributed by atoms with Crippen LogP contribution in [0.5, 0.6) is 11.5 Å². The molecule has 0 N–H and O–H groups in total. The van der Waals surface area contributed by atoms with Crippen LogP contribution in [0.25, 0.3) is 6.08 Å². The number of benzene rings is 3. The number of rotatable bonds is 6. The molecule has 1 aliphatic rings. The first-order valence-electron chi connectivity index (χ1n) is 9.67. The number of aryl methyl sites for hydroxylation is 1. The molecule has 0 fully saturated rings. The predicted molar refractivity (Wildman–Crippen MR) is 121 cm³/mol. The van der Waals surface area contributed by atoms with Crippen molar-refractivity contribution in [2.45, 2.75) is 13.5 Å². The minimum atomic E-state index is -0.488. The average molecular weight is 434 g/mol. The molecule has 0 bridgehead atoms. The number of aliphatic imine (C=N–C) groups is 1. The van der Waals surface area contributed by atoms with Gasteiger partial charge in [0.25, 0.3) is 0 Å². The van der Waals surface area contributed by atoms with Gasteiger partial charge in [0, 0.05) is 10.6 Å². The van der Waals surface area contributed by atoms with Crippen LogP contribution in [0.4, 0.5) is 0 Å². The lowest BCUT2D eigenvalue weighted by molar-refractivity contribution is -0.129. The zero-order valence-corrected chi connectivity index (χ0v) is 17.8. The highest BCUT2D eigenvalue weighted by Gasteiger charge is 2.24. The van der Waals surface area contributed by atoms with Crippen LogP contribution in [-0.4, -0.2) is 19.0 Å². The summed E-state index contributed by atoms with van der Waals surface area (Å²) in [5.41, 5.74) is 3.84. The van der Waals surface area contributed by atoms with E-state index in [-0.39, 0.29) is 5.70 Å². The summed E-state index contributed by atoms with van der Waals surface area (Å²) in [7, 11) is 1.57. The van der Waals surface area contributed by atoms with Crippen LogP contribution in [-0.2, 0) is 16.1 Å². The van der Waals surface area contributed by atoms with Gasteiger partial charge in [0.1, 0.15) is 6.61 Å².